The standard InChI is InChI=1S/C10H14INS/c1-7(2)6-13-10-4-3-8(11)5-9(10)12/h3-5,7H,6,12H2,1-2H3. The fraction of sp³-hybridized carbons (Fsp3) is 0.400. The molecule has 0 amide bonds. The van der Waals surface area contributed by atoms with Gasteiger partial charge >= 0.3 is 0 Å². The second-order valence-electron chi connectivity index (χ2n) is 3.39. The van der Waals surface area contributed by atoms with Gasteiger partial charge in [-0.3, -0.25) is 0 Å². The summed E-state index contributed by atoms with van der Waals surface area (Å²) in [5.41, 5.74) is 6.78. The van der Waals surface area contributed by atoms with Crippen molar-refractivity contribution in [3.8, 4) is 0 Å². The summed E-state index contributed by atoms with van der Waals surface area (Å²) in [6, 6.07) is 6.22. The molecule has 13 heavy (non-hydrogen) atoms. The zero-order valence-electron chi connectivity index (χ0n) is 7.88. The molecule has 1 aromatic rings. The van der Waals surface area contributed by atoms with Gasteiger partial charge in [0.15, 0.2) is 0 Å². The number of nitrogens with two attached hydrogens (primary N) is 1. The Labute approximate surface area is 97.6 Å². The van der Waals surface area contributed by atoms with Crippen molar-refractivity contribution in [2.75, 3.05) is 11.5 Å². The van der Waals surface area contributed by atoms with Gasteiger partial charge in [0.25, 0.3) is 0 Å². The lowest BCUT2D eigenvalue weighted by Crippen LogP contribution is -1.94. The van der Waals surface area contributed by atoms with Gasteiger partial charge in [0.1, 0.15) is 0 Å². The minimum atomic E-state index is 0.712. The number of hydrogen-bond acceptors (Lipinski definition) is 2. The van der Waals surface area contributed by atoms with Crippen LogP contribution in [-0.4, -0.2) is 5.75 Å². The summed E-state index contributed by atoms with van der Waals surface area (Å²) in [7, 11) is 0. The number of anilines is 1. The highest BCUT2D eigenvalue weighted by molar-refractivity contribution is 14.1. The predicted octanol–water partition coefficient (Wildman–Crippen LogP) is 3.62. The fourth-order valence-electron chi connectivity index (χ4n) is 0.907. The van der Waals surface area contributed by atoms with Gasteiger partial charge < -0.3 is 5.73 Å². The lowest BCUT2D eigenvalue weighted by molar-refractivity contribution is 0.750. The average Bonchev–Trinajstić information content (AvgIpc) is 2.02. The SMILES string of the molecule is CC(C)CSc1ccc(I)cc1N. The molecule has 0 unspecified atom stereocenters. The zero-order chi connectivity index (χ0) is 9.84. The number of rotatable bonds is 3. The molecule has 0 aliphatic rings. The van der Waals surface area contributed by atoms with E-state index in [0.29, 0.717) is 5.92 Å². The van der Waals surface area contributed by atoms with Crippen LogP contribution in [0, 0.1) is 9.49 Å². The third-order valence-electron chi connectivity index (χ3n) is 1.54. The van der Waals surface area contributed by atoms with E-state index in [1.54, 1.807) is 0 Å². The molecule has 0 aliphatic heterocycles. The number of halogens is 1. The highest BCUT2D eigenvalue weighted by atomic mass is 127. The molecule has 3 heteroatoms. The molecule has 0 spiro atoms. The summed E-state index contributed by atoms with van der Waals surface area (Å²) in [6.45, 7) is 4.44. The van der Waals surface area contributed by atoms with Crippen LogP contribution in [0.2, 0.25) is 0 Å². The lowest BCUT2D eigenvalue weighted by atomic mass is 10.3. The van der Waals surface area contributed by atoms with Gasteiger partial charge in [-0.1, -0.05) is 13.8 Å². The minimum Gasteiger partial charge on any atom is -0.398 e. The van der Waals surface area contributed by atoms with Crippen molar-refractivity contribution >= 4 is 40.0 Å². The Balaban J connectivity index is 2.67. The fourth-order valence-corrected chi connectivity index (χ4v) is 2.33. The molecule has 1 nitrogen and oxygen atoms in total. The van der Waals surface area contributed by atoms with Crippen molar-refractivity contribution in [2.24, 2.45) is 5.92 Å². The van der Waals surface area contributed by atoms with E-state index < -0.39 is 0 Å². The van der Waals surface area contributed by atoms with Crippen molar-refractivity contribution < 1.29 is 0 Å². The van der Waals surface area contributed by atoms with Crippen molar-refractivity contribution in [1.29, 1.82) is 0 Å². The molecule has 1 rings (SSSR count). The number of nitrogen functional groups attached to an aromatic ring is 1. The highest BCUT2D eigenvalue weighted by Crippen LogP contribution is 2.27. The first-order chi connectivity index (χ1) is 6.09. The van der Waals surface area contributed by atoms with E-state index in [0.717, 1.165) is 11.4 Å². The van der Waals surface area contributed by atoms with Gasteiger partial charge in [0.05, 0.1) is 0 Å². The third-order valence-corrected chi connectivity index (χ3v) is 3.73. The molecule has 0 aromatic heterocycles. The summed E-state index contributed by atoms with van der Waals surface area (Å²) >= 11 is 4.11. The van der Waals surface area contributed by atoms with Crippen LogP contribution in [0.15, 0.2) is 23.1 Å². The summed E-state index contributed by atoms with van der Waals surface area (Å²) in [4.78, 5) is 1.20. The van der Waals surface area contributed by atoms with Gasteiger partial charge in [-0.15, -0.1) is 11.8 Å². The van der Waals surface area contributed by atoms with Crippen LogP contribution in [-0.2, 0) is 0 Å². The first-order valence-electron chi connectivity index (χ1n) is 4.27. The van der Waals surface area contributed by atoms with Crippen LogP contribution >= 0.6 is 34.4 Å². The van der Waals surface area contributed by atoms with Crippen molar-refractivity contribution in [3.63, 3.8) is 0 Å². The maximum Gasteiger partial charge on any atom is 0.0462 e. The summed E-state index contributed by atoms with van der Waals surface area (Å²) < 4.78 is 1.20. The van der Waals surface area contributed by atoms with E-state index in [1.165, 1.54) is 8.47 Å². The van der Waals surface area contributed by atoms with Crippen LogP contribution in [0.25, 0.3) is 0 Å². The van der Waals surface area contributed by atoms with E-state index in [1.807, 2.05) is 17.8 Å². The van der Waals surface area contributed by atoms with Crippen LogP contribution in [0.1, 0.15) is 13.8 Å². The first kappa shape index (κ1) is 11.2. The Hall–Kier alpha value is 0.1000. The van der Waals surface area contributed by atoms with Crippen molar-refractivity contribution in [2.45, 2.75) is 18.7 Å². The normalized spacial score (nSPS) is 10.8. The molecule has 0 aliphatic carbocycles. The molecule has 0 saturated heterocycles. The predicted molar refractivity (Wildman–Crippen MR) is 69.1 cm³/mol. The molecule has 2 N–H and O–H groups in total. The van der Waals surface area contributed by atoms with Crippen LogP contribution in [0.5, 0.6) is 0 Å². The average molecular weight is 307 g/mol. The third kappa shape index (κ3) is 3.77. The van der Waals surface area contributed by atoms with Gasteiger partial charge in [0, 0.05) is 19.9 Å². The molecular weight excluding hydrogens is 293 g/mol. The maximum atomic E-state index is 5.88. The number of hydrogen-bond donors (Lipinski definition) is 1. The van der Waals surface area contributed by atoms with Gasteiger partial charge in [-0.05, 0) is 46.7 Å². The Morgan fingerprint density at radius 1 is 1.46 bits per heavy atom. The maximum absolute atomic E-state index is 5.88. The first-order valence-corrected chi connectivity index (χ1v) is 6.34. The molecule has 0 saturated carbocycles. The molecule has 1 aromatic carbocycles. The van der Waals surface area contributed by atoms with Crippen LogP contribution in [0.3, 0.4) is 0 Å². The van der Waals surface area contributed by atoms with E-state index >= 15 is 0 Å². The Morgan fingerprint density at radius 2 is 2.15 bits per heavy atom. The molecule has 0 radical (unpaired) electrons. The smallest absolute Gasteiger partial charge is 0.0462 e. The molecule has 0 heterocycles. The molecule has 0 atom stereocenters. The summed E-state index contributed by atoms with van der Waals surface area (Å²) in [5, 5.41) is 0. The second-order valence-corrected chi connectivity index (χ2v) is 5.69. The quantitative estimate of drug-likeness (QED) is 0.524. The zero-order valence-corrected chi connectivity index (χ0v) is 10.9. The Bertz CT molecular complexity index is 286. The molecule has 0 bridgehead atoms. The number of thioether (sulfide) groups is 1. The molecule has 72 valence electrons. The monoisotopic (exact) mass is 307 g/mol. The van der Waals surface area contributed by atoms with Crippen molar-refractivity contribution in [1.82, 2.24) is 0 Å². The summed E-state index contributed by atoms with van der Waals surface area (Å²) in [5.74, 6) is 1.84. The largest absolute Gasteiger partial charge is 0.398 e. The van der Waals surface area contributed by atoms with Gasteiger partial charge in [-0.25, -0.2) is 0 Å². The summed E-state index contributed by atoms with van der Waals surface area (Å²) in [6.07, 6.45) is 0. The Morgan fingerprint density at radius 3 is 2.69 bits per heavy atom. The van der Waals surface area contributed by atoms with Crippen LogP contribution < -0.4 is 5.73 Å². The van der Waals surface area contributed by atoms with Gasteiger partial charge in [-0.2, -0.15) is 0 Å². The molecular formula is C10H14INS. The van der Waals surface area contributed by atoms with Crippen molar-refractivity contribution in [3.05, 3.63) is 21.8 Å². The number of benzene rings is 1. The molecule has 0 fully saturated rings. The minimum absolute atomic E-state index is 0.712. The Kier molecular flexibility index (Phi) is 4.38. The van der Waals surface area contributed by atoms with E-state index in [-0.39, 0.29) is 0 Å². The lowest BCUT2D eigenvalue weighted by Gasteiger charge is -2.07. The second kappa shape index (κ2) is 5.10. The topological polar surface area (TPSA) is 26.0 Å². The van der Waals surface area contributed by atoms with Crippen LogP contribution in [0.4, 0.5) is 5.69 Å². The van der Waals surface area contributed by atoms with Gasteiger partial charge in [0.2, 0.25) is 0 Å². The highest BCUT2D eigenvalue weighted by Gasteiger charge is 2.01. The van der Waals surface area contributed by atoms with E-state index in [4.69, 9.17) is 5.73 Å². The van der Waals surface area contributed by atoms with E-state index in [9.17, 15) is 0 Å². The van der Waals surface area contributed by atoms with E-state index in [2.05, 4.69) is 48.6 Å².